The van der Waals surface area contributed by atoms with Gasteiger partial charge in [-0.2, -0.15) is 0 Å². The summed E-state index contributed by atoms with van der Waals surface area (Å²) in [6.45, 7) is 7.19. The number of nitrogens with one attached hydrogen (secondary N) is 2. The summed E-state index contributed by atoms with van der Waals surface area (Å²) in [6.07, 6.45) is 1.36. The van der Waals surface area contributed by atoms with Gasteiger partial charge in [0.05, 0.1) is 4.92 Å². The van der Waals surface area contributed by atoms with Gasteiger partial charge in [0.15, 0.2) is 6.10 Å². The number of non-ortho nitro benzene ring substituents is 1. The molecule has 11 nitrogen and oxygen atoms in total. The minimum Gasteiger partial charge on any atom is -0.451 e. The lowest BCUT2D eigenvalue weighted by atomic mass is 9.67. The van der Waals surface area contributed by atoms with Crippen molar-refractivity contribution in [2.45, 2.75) is 65.0 Å². The van der Waals surface area contributed by atoms with Crippen LogP contribution in [-0.2, 0) is 19.1 Å². The van der Waals surface area contributed by atoms with Crippen LogP contribution in [0.5, 0.6) is 0 Å². The highest BCUT2D eigenvalue weighted by atomic mass is 16.6. The zero-order chi connectivity index (χ0) is 25.3. The molecule has 2 aliphatic rings. The van der Waals surface area contributed by atoms with E-state index in [1.807, 2.05) is 0 Å². The number of rotatable bonds is 6. The summed E-state index contributed by atoms with van der Waals surface area (Å²) in [5.74, 6) is -1.63. The van der Waals surface area contributed by atoms with Crippen LogP contribution in [-0.4, -0.2) is 51.8 Å². The summed E-state index contributed by atoms with van der Waals surface area (Å²) >= 11 is 0. The average molecular weight is 475 g/mol. The van der Waals surface area contributed by atoms with Crippen LogP contribution in [0, 0.1) is 21.4 Å². The molecule has 1 spiro atoms. The zero-order valence-electron chi connectivity index (χ0n) is 19.8. The molecule has 2 fully saturated rings. The summed E-state index contributed by atoms with van der Waals surface area (Å²) in [5, 5.41) is 16.1. The number of hydrogen-bond donors (Lipinski definition) is 2. The van der Waals surface area contributed by atoms with Crippen molar-refractivity contribution in [3.63, 3.8) is 0 Å². The first-order valence-electron chi connectivity index (χ1n) is 11.2. The maximum atomic E-state index is 13.0. The monoisotopic (exact) mass is 474 g/mol. The third-order valence-electron chi connectivity index (χ3n) is 6.60. The summed E-state index contributed by atoms with van der Waals surface area (Å²) in [4.78, 5) is 61.3. The van der Waals surface area contributed by atoms with E-state index in [1.165, 1.54) is 31.2 Å². The molecule has 1 unspecified atom stereocenters. The highest BCUT2D eigenvalue weighted by molar-refractivity contribution is 6.09. The molecule has 1 heterocycles. The molecule has 11 heteroatoms. The second kappa shape index (κ2) is 9.40. The molecule has 184 valence electrons. The Hall–Kier alpha value is -3.50. The molecule has 1 atom stereocenters. The lowest BCUT2D eigenvalue weighted by Gasteiger charge is -2.40. The van der Waals surface area contributed by atoms with Crippen LogP contribution in [0.15, 0.2) is 24.3 Å². The maximum Gasteiger partial charge on any atom is 0.327 e. The molecule has 0 aromatic heterocycles. The van der Waals surface area contributed by atoms with Crippen LogP contribution in [0.4, 0.5) is 16.2 Å². The Kier molecular flexibility index (Phi) is 6.94. The molecule has 1 aliphatic heterocycles. The minimum atomic E-state index is -1.25. The number of carbonyl (C=O) groups excluding carboxylic acids is 4. The highest BCUT2D eigenvalue weighted by Crippen LogP contribution is 2.43. The number of hydrogen-bond acceptors (Lipinski definition) is 7. The van der Waals surface area contributed by atoms with Gasteiger partial charge in [0, 0.05) is 17.8 Å². The van der Waals surface area contributed by atoms with Crippen molar-refractivity contribution >= 4 is 35.2 Å². The van der Waals surface area contributed by atoms with Crippen LogP contribution in [0.2, 0.25) is 0 Å². The number of amides is 4. The van der Waals surface area contributed by atoms with E-state index >= 15 is 0 Å². The number of esters is 1. The van der Waals surface area contributed by atoms with Crippen LogP contribution >= 0.6 is 0 Å². The maximum absolute atomic E-state index is 13.0. The second-order valence-corrected chi connectivity index (χ2v) is 9.97. The van der Waals surface area contributed by atoms with Gasteiger partial charge in [0.2, 0.25) is 0 Å². The first-order chi connectivity index (χ1) is 15.8. The van der Waals surface area contributed by atoms with Gasteiger partial charge >= 0.3 is 12.0 Å². The number of imide groups is 1. The molecule has 1 aromatic carbocycles. The van der Waals surface area contributed by atoms with Gasteiger partial charge in [0.1, 0.15) is 12.1 Å². The molecule has 1 aromatic rings. The first kappa shape index (κ1) is 25.1. The normalized spacial score (nSPS) is 23.4. The van der Waals surface area contributed by atoms with E-state index in [-0.39, 0.29) is 16.8 Å². The first-order valence-corrected chi connectivity index (χ1v) is 11.2. The Morgan fingerprint density at radius 2 is 1.94 bits per heavy atom. The Labute approximate surface area is 197 Å². The molecular weight excluding hydrogens is 444 g/mol. The fourth-order valence-corrected chi connectivity index (χ4v) is 4.49. The molecule has 0 bridgehead atoms. The molecule has 1 saturated heterocycles. The lowest BCUT2D eigenvalue weighted by molar-refractivity contribution is -0.384. The average Bonchev–Trinajstić information content (AvgIpc) is 2.97. The van der Waals surface area contributed by atoms with Gasteiger partial charge < -0.3 is 15.4 Å². The van der Waals surface area contributed by atoms with Gasteiger partial charge in [-0.3, -0.25) is 29.4 Å². The van der Waals surface area contributed by atoms with Crippen LogP contribution < -0.4 is 10.6 Å². The van der Waals surface area contributed by atoms with E-state index in [9.17, 15) is 29.3 Å². The van der Waals surface area contributed by atoms with Crippen LogP contribution in [0.25, 0.3) is 0 Å². The fraction of sp³-hybridized carbons (Fsp3) is 0.565. The van der Waals surface area contributed by atoms with Crippen LogP contribution in [0.1, 0.15) is 53.4 Å². The summed E-state index contributed by atoms with van der Waals surface area (Å²) in [5.41, 5.74) is -0.919. The van der Waals surface area contributed by atoms with Gasteiger partial charge in [-0.25, -0.2) is 4.79 Å². The molecule has 0 radical (unpaired) electrons. The molecule has 3 rings (SSSR count). The number of anilines is 1. The van der Waals surface area contributed by atoms with Crippen molar-refractivity contribution in [2.24, 2.45) is 11.3 Å². The number of ether oxygens (including phenoxy) is 1. The number of nitrogens with zero attached hydrogens (tertiary/aromatic N) is 2. The van der Waals surface area contributed by atoms with Crippen molar-refractivity contribution in [3.8, 4) is 0 Å². The van der Waals surface area contributed by atoms with E-state index < -0.39 is 46.9 Å². The number of nitro benzene ring substituents is 1. The predicted octanol–water partition coefficient (Wildman–Crippen LogP) is 2.99. The largest absolute Gasteiger partial charge is 0.451 e. The van der Waals surface area contributed by atoms with E-state index in [2.05, 4.69) is 31.4 Å². The SMILES string of the molecule is CC(OC(=O)CN1C(=O)NC2(CCC(C(C)(C)C)CC2)C1=O)C(=O)Nc1cccc([N+](=O)[O-])c1. The van der Waals surface area contributed by atoms with Crippen molar-refractivity contribution in [1.29, 1.82) is 0 Å². The van der Waals surface area contributed by atoms with E-state index in [4.69, 9.17) is 4.74 Å². The molecular formula is C23H30N4O7. The molecule has 34 heavy (non-hydrogen) atoms. The Morgan fingerprint density at radius 1 is 1.29 bits per heavy atom. The third-order valence-corrected chi connectivity index (χ3v) is 6.60. The van der Waals surface area contributed by atoms with Gasteiger partial charge in [0.25, 0.3) is 17.5 Å². The van der Waals surface area contributed by atoms with Gasteiger partial charge in [-0.05, 0) is 50.0 Å². The summed E-state index contributed by atoms with van der Waals surface area (Å²) < 4.78 is 5.10. The van der Waals surface area contributed by atoms with E-state index in [0.29, 0.717) is 18.8 Å². The second-order valence-electron chi connectivity index (χ2n) is 9.97. The number of carbonyl (C=O) groups is 4. The number of benzene rings is 1. The van der Waals surface area contributed by atoms with Crippen molar-refractivity contribution < 1.29 is 28.8 Å². The molecule has 4 amide bonds. The smallest absolute Gasteiger partial charge is 0.327 e. The number of urea groups is 1. The summed E-state index contributed by atoms with van der Waals surface area (Å²) in [6, 6.07) is 4.67. The van der Waals surface area contributed by atoms with Crippen molar-refractivity contribution in [2.75, 3.05) is 11.9 Å². The van der Waals surface area contributed by atoms with Gasteiger partial charge in [-0.15, -0.1) is 0 Å². The van der Waals surface area contributed by atoms with E-state index in [0.717, 1.165) is 17.7 Å². The number of nitro groups is 1. The molecule has 1 saturated carbocycles. The highest BCUT2D eigenvalue weighted by Gasteiger charge is 2.53. The Morgan fingerprint density at radius 3 is 2.53 bits per heavy atom. The fourth-order valence-electron chi connectivity index (χ4n) is 4.49. The summed E-state index contributed by atoms with van der Waals surface area (Å²) in [7, 11) is 0. The quantitative estimate of drug-likeness (QED) is 0.279. The zero-order valence-corrected chi connectivity index (χ0v) is 19.8. The van der Waals surface area contributed by atoms with Crippen molar-refractivity contribution in [3.05, 3.63) is 34.4 Å². The minimum absolute atomic E-state index is 0.109. The van der Waals surface area contributed by atoms with E-state index in [1.54, 1.807) is 0 Å². The Bertz CT molecular complexity index is 1010. The Balaban J connectivity index is 1.55. The predicted molar refractivity (Wildman–Crippen MR) is 122 cm³/mol. The molecule has 1 aliphatic carbocycles. The van der Waals surface area contributed by atoms with Crippen molar-refractivity contribution in [1.82, 2.24) is 10.2 Å². The van der Waals surface area contributed by atoms with Gasteiger partial charge in [-0.1, -0.05) is 26.8 Å². The molecule has 2 N–H and O–H groups in total. The van der Waals surface area contributed by atoms with Crippen LogP contribution in [0.3, 0.4) is 0 Å². The third kappa shape index (κ3) is 5.35. The standard InChI is InChI=1S/C23H30N4O7/c1-14(19(29)24-16-6-5-7-17(12-16)27(32)33)34-18(28)13-26-20(30)23(25-21(26)31)10-8-15(9-11-23)22(2,3)4/h5-7,12,14-15H,8-11,13H2,1-4H3,(H,24,29)(H,25,31). The topological polar surface area (TPSA) is 148 Å². The lowest BCUT2D eigenvalue weighted by Crippen LogP contribution is -2.50.